The molecule has 1 unspecified atom stereocenters. The summed E-state index contributed by atoms with van der Waals surface area (Å²) in [7, 11) is 3.89. The van der Waals surface area contributed by atoms with Gasteiger partial charge in [-0.15, -0.1) is 0 Å². The average molecular weight is 326 g/mol. The number of anilines is 1. The van der Waals surface area contributed by atoms with Crippen molar-refractivity contribution in [1.82, 2.24) is 14.9 Å². The number of amides is 1. The van der Waals surface area contributed by atoms with Crippen LogP contribution < -0.4 is 4.90 Å². The highest BCUT2D eigenvalue weighted by Gasteiger charge is 2.27. The fourth-order valence-electron chi connectivity index (χ4n) is 2.74. The fraction of sp³-hybridized carbons (Fsp3) is 0.389. The lowest BCUT2D eigenvalue weighted by atomic mass is 10.1. The van der Waals surface area contributed by atoms with Crippen LogP contribution in [-0.4, -0.2) is 54.6 Å². The highest BCUT2D eigenvalue weighted by Crippen LogP contribution is 2.24. The van der Waals surface area contributed by atoms with E-state index in [0.29, 0.717) is 31.1 Å². The number of benzene rings is 1. The van der Waals surface area contributed by atoms with E-state index in [1.165, 1.54) is 0 Å². The topological polar surface area (TPSA) is 58.6 Å². The zero-order valence-corrected chi connectivity index (χ0v) is 14.3. The maximum absolute atomic E-state index is 12.6. The van der Waals surface area contributed by atoms with Gasteiger partial charge in [0.05, 0.1) is 18.8 Å². The molecule has 0 N–H and O–H groups in total. The molecule has 0 aliphatic carbocycles. The lowest BCUT2D eigenvalue weighted by Crippen LogP contribution is -2.42. The van der Waals surface area contributed by atoms with E-state index >= 15 is 0 Å². The summed E-state index contributed by atoms with van der Waals surface area (Å²) in [5, 5.41) is 0. The highest BCUT2D eigenvalue weighted by atomic mass is 16.5. The SMILES string of the molecule is Cc1nc(C2CN(C(=O)c3ccccc3)CCO2)cc(N(C)C)n1. The summed E-state index contributed by atoms with van der Waals surface area (Å²) in [6.07, 6.45) is -0.230. The van der Waals surface area contributed by atoms with E-state index in [0.717, 1.165) is 11.5 Å². The Balaban J connectivity index is 1.80. The first kappa shape index (κ1) is 16.4. The molecule has 1 amide bonds. The van der Waals surface area contributed by atoms with E-state index in [1.807, 2.05) is 67.2 Å². The zero-order chi connectivity index (χ0) is 17.1. The van der Waals surface area contributed by atoms with Gasteiger partial charge in [-0.2, -0.15) is 0 Å². The predicted octanol–water partition coefficient (Wildman–Crippen LogP) is 2.06. The fourth-order valence-corrected chi connectivity index (χ4v) is 2.74. The van der Waals surface area contributed by atoms with Crippen LogP contribution in [0, 0.1) is 6.92 Å². The minimum Gasteiger partial charge on any atom is -0.368 e. The monoisotopic (exact) mass is 326 g/mol. The molecule has 3 rings (SSSR count). The van der Waals surface area contributed by atoms with E-state index in [1.54, 1.807) is 0 Å². The summed E-state index contributed by atoms with van der Waals surface area (Å²) in [6, 6.07) is 11.3. The predicted molar refractivity (Wildman–Crippen MR) is 92.1 cm³/mol. The summed E-state index contributed by atoms with van der Waals surface area (Å²) in [5.74, 6) is 1.57. The highest BCUT2D eigenvalue weighted by molar-refractivity contribution is 5.94. The van der Waals surface area contributed by atoms with Crippen molar-refractivity contribution < 1.29 is 9.53 Å². The molecule has 1 fully saturated rings. The summed E-state index contributed by atoms with van der Waals surface area (Å²) in [5.41, 5.74) is 1.52. The second kappa shape index (κ2) is 6.97. The van der Waals surface area contributed by atoms with Gasteiger partial charge in [-0.1, -0.05) is 18.2 Å². The van der Waals surface area contributed by atoms with Gasteiger partial charge in [-0.05, 0) is 19.1 Å². The summed E-state index contributed by atoms with van der Waals surface area (Å²) >= 11 is 0. The van der Waals surface area contributed by atoms with Crippen molar-refractivity contribution in [2.75, 3.05) is 38.7 Å². The molecule has 126 valence electrons. The molecule has 2 aromatic rings. The van der Waals surface area contributed by atoms with Crippen molar-refractivity contribution in [2.24, 2.45) is 0 Å². The minimum absolute atomic E-state index is 0.0301. The van der Waals surface area contributed by atoms with Crippen LogP contribution in [0.3, 0.4) is 0 Å². The van der Waals surface area contributed by atoms with Gasteiger partial charge in [-0.25, -0.2) is 9.97 Å². The smallest absolute Gasteiger partial charge is 0.254 e. The van der Waals surface area contributed by atoms with Crippen LogP contribution in [0.1, 0.15) is 28.0 Å². The number of hydrogen-bond donors (Lipinski definition) is 0. The van der Waals surface area contributed by atoms with Crippen molar-refractivity contribution in [3.63, 3.8) is 0 Å². The molecule has 1 aliphatic heterocycles. The molecule has 0 bridgehead atoms. The molecule has 0 spiro atoms. The van der Waals surface area contributed by atoms with Crippen molar-refractivity contribution in [3.8, 4) is 0 Å². The Morgan fingerprint density at radius 3 is 2.71 bits per heavy atom. The van der Waals surface area contributed by atoms with Gasteiger partial charge in [0.2, 0.25) is 0 Å². The number of aryl methyl sites for hydroxylation is 1. The summed E-state index contributed by atoms with van der Waals surface area (Å²) in [4.78, 5) is 25.3. The lowest BCUT2D eigenvalue weighted by molar-refractivity contribution is -0.0248. The van der Waals surface area contributed by atoms with E-state index in [2.05, 4.69) is 9.97 Å². The Morgan fingerprint density at radius 1 is 1.25 bits per heavy atom. The third-order valence-corrected chi connectivity index (χ3v) is 4.01. The molecular weight excluding hydrogens is 304 g/mol. The molecule has 2 heterocycles. The summed E-state index contributed by atoms with van der Waals surface area (Å²) < 4.78 is 5.87. The number of nitrogens with zero attached hydrogens (tertiary/aromatic N) is 4. The largest absolute Gasteiger partial charge is 0.368 e. The number of aromatic nitrogens is 2. The Morgan fingerprint density at radius 2 is 2.00 bits per heavy atom. The van der Waals surface area contributed by atoms with E-state index in [4.69, 9.17) is 4.74 Å². The van der Waals surface area contributed by atoms with Crippen LogP contribution >= 0.6 is 0 Å². The molecule has 1 aromatic carbocycles. The molecule has 0 saturated carbocycles. The standard InChI is InChI=1S/C18H22N4O2/c1-13-19-15(11-17(20-13)21(2)3)16-12-22(9-10-24-16)18(23)14-7-5-4-6-8-14/h4-8,11,16H,9-10,12H2,1-3H3. The molecule has 1 atom stereocenters. The first-order valence-electron chi connectivity index (χ1n) is 8.03. The quantitative estimate of drug-likeness (QED) is 0.864. The van der Waals surface area contributed by atoms with Crippen LogP contribution in [0.4, 0.5) is 5.82 Å². The van der Waals surface area contributed by atoms with Crippen LogP contribution in [0.15, 0.2) is 36.4 Å². The number of hydrogen-bond acceptors (Lipinski definition) is 5. The lowest BCUT2D eigenvalue weighted by Gasteiger charge is -2.33. The van der Waals surface area contributed by atoms with E-state index in [9.17, 15) is 4.79 Å². The molecule has 24 heavy (non-hydrogen) atoms. The Hall–Kier alpha value is -2.47. The molecule has 1 saturated heterocycles. The van der Waals surface area contributed by atoms with Gasteiger partial charge in [0.1, 0.15) is 17.7 Å². The van der Waals surface area contributed by atoms with Gasteiger partial charge in [0.15, 0.2) is 0 Å². The molecular formula is C18H22N4O2. The molecule has 1 aromatic heterocycles. The van der Waals surface area contributed by atoms with Crippen LogP contribution in [0.2, 0.25) is 0 Å². The van der Waals surface area contributed by atoms with Crippen molar-refractivity contribution >= 4 is 11.7 Å². The van der Waals surface area contributed by atoms with Gasteiger partial charge in [-0.3, -0.25) is 4.79 Å². The second-order valence-electron chi connectivity index (χ2n) is 6.07. The molecule has 6 heteroatoms. The maximum Gasteiger partial charge on any atom is 0.254 e. The first-order chi connectivity index (χ1) is 11.5. The van der Waals surface area contributed by atoms with E-state index in [-0.39, 0.29) is 12.0 Å². The Bertz CT molecular complexity index is 718. The van der Waals surface area contributed by atoms with Crippen molar-refractivity contribution in [2.45, 2.75) is 13.0 Å². The molecule has 1 aliphatic rings. The average Bonchev–Trinajstić information content (AvgIpc) is 2.61. The third-order valence-electron chi connectivity index (χ3n) is 4.01. The van der Waals surface area contributed by atoms with Crippen LogP contribution in [0.5, 0.6) is 0 Å². The number of carbonyl (C=O) groups is 1. The Labute approximate surface area is 142 Å². The Kier molecular flexibility index (Phi) is 4.76. The maximum atomic E-state index is 12.6. The van der Waals surface area contributed by atoms with Gasteiger partial charge in [0.25, 0.3) is 5.91 Å². The zero-order valence-electron chi connectivity index (χ0n) is 14.3. The van der Waals surface area contributed by atoms with Crippen molar-refractivity contribution in [1.29, 1.82) is 0 Å². The number of rotatable bonds is 3. The number of ether oxygens (including phenoxy) is 1. The van der Waals surface area contributed by atoms with Gasteiger partial charge < -0.3 is 14.5 Å². The van der Waals surface area contributed by atoms with E-state index < -0.39 is 0 Å². The first-order valence-corrected chi connectivity index (χ1v) is 8.03. The van der Waals surface area contributed by atoms with Gasteiger partial charge in [0, 0.05) is 32.3 Å². The normalized spacial score (nSPS) is 17.6. The minimum atomic E-state index is -0.230. The number of carbonyl (C=O) groups excluding carboxylic acids is 1. The molecule has 6 nitrogen and oxygen atoms in total. The second-order valence-corrected chi connectivity index (χ2v) is 6.07. The molecule has 0 radical (unpaired) electrons. The third kappa shape index (κ3) is 3.54. The van der Waals surface area contributed by atoms with Crippen LogP contribution in [0.25, 0.3) is 0 Å². The summed E-state index contributed by atoms with van der Waals surface area (Å²) in [6.45, 7) is 3.46. The van der Waals surface area contributed by atoms with Gasteiger partial charge >= 0.3 is 0 Å². The van der Waals surface area contributed by atoms with Crippen LogP contribution in [-0.2, 0) is 4.74 Å². The number of morpholine rings is 1. The van der Waals surface area contributed by atoms with Crippen molar-refractivity contribution in [3.05, 3.63) is 53.5 Å².